The first-order valence-corrected chi connectivity index (χ1v) is 13.0. The van der Waals surface area contributed by atoms with E-state index < -0.39 is 18.2 Å². The number of aliphatic hydroxyl groups excluding tert-OH is 1. The lowest BCUT2D eigenvalue weighted by molar-refractivity contribution is -0.168. The van der Waals surface area contributed by atoms with E-state index in [1.165, 1.54) is 122 Å². The molecule has 0 saturated heterocycles. The Morgan fingerprint density at radius 2 is 0.933 bits per heavy atom. The number of carbonyl (C=O) groups is 1. The summed E-state index contributed by atoms with van der Waals surface area (Å²) in [6, 6.07) is 0. The van der Waals surface area contributed by atoms with Gasteiger partial charge < -0.3 is 14.9 Å². The molecule has 0 aromatic rings. The van der Waals surface area contributed by atoms with Crippen LogP contribution in [0.15, 0.2) is 0 Å². The summed E-state index contributed by atoms with van der Waals surface area (Å²) in [7, 11) is 0. The van der Waals surface area contributed by atoms with E-state index in [0.717, 1.165) is 12.8 Å². The number of carboxylic acids is 1. The number of rotatable bonds is 24. The summed E-state index contributed by atoms with van der Waals surface area (Å²) in [4.78, 5) is 11.0. The summed E-state index contributed by atoms with van der Waals surface area (Å²) >= 11 is 0. The van der Waals surface area contributed by atoms with Crippen molar-refractivity contribution in [3.63, 3.8) is 0 Å². The average molecular weight is 429 g/mol. The van der Waals surface area contributed by atoms with Crippen molar-refractivity contribution in [2.75, 3.05) is 13.2 Å². The number of hydrogen-bond acceptors (Lipinski definition) is 3. The fourth-order valence-corrected chi connectivity index (χ4v) is 3.83. The molecule has 0 bridgehead atoms. The minimum Gasteiger partial charge on any atom is -0.479 e. The lowest BCUT2D eigenvalue weighted by Gasteiger charge is -2.22. The maximum Gasteiger partial charge on any atom is 0.338 e. The third-order valence-corrected chi connectivity index (χ3v) is 6.17. The molecule has 30 heavy (non-hydrogen) atoms. The molecule has 0 aliphatic rings. The van der Waals surface area contributed by atoms with E-state index in [1.807, 2.05) is 0 Å². The van der Waals surface area contributed by atoms with Gasteiger partial charge in [0.25, 0.3) is 0 Å². The molecule has 0 amide bonds. The summed E-state index contributed by atoms with van der Waals surface area (Å²) < 4.78 is 5.33. The van der Waals surface area contributed by atoms with Crippen molar-refractivity contribution in [3.8, 4) is 0 Å². The van der Waals surface area contributed by atoms with E-state index in [2.05, 4.69) is 6.92 Å². The van der Waals surface area contributed by atoms with Crippen molar-refractivity contribution in [1.29, 1.82) is 0 Å². The highest BCUT2D eigenvalue weighted by atomic mass is 16.5. The number of ether oxygens (including phenoxy) is 1. The van der Waals surface area contributed by atoms with Gasteiger partial charge in [-0.1, -0.05) is 129 Å². The summed E-state index contributed by atoms with van der Waals surface area (Å²) in [5.41, 5.74) is -1.45. The number of carboxylic acid groups (broad SMARTS) is 1. The largest absolute Gasteiger partial charge is 0.479 e. The molecule has 180 valence electrons. The van der Waals surface area contributed by atoms with Crippen molar-refractivity contribution in [2.24, 2.45) is 0 Å². The minimum absolute atomic E-state index is 0.405. The van der Waals surface area contributed by atoms with Crippen molar-refractivity contribution >= 4 is 5.97 Å². The number of unbranched alkanes of at least 4 members (excludes halogenated alkanes) is 19. The molecule has 0 rings (SSSR count). The highest BCUT2D eigenvalue weighted by Crippen LogP contribution is 2.15. The second-order valence-electron chi connectivity index (χ2n) is 9.26. The van der Waals surface area contributed by atoms with Crippen LogP contribution in [0.5, 0.6) is 0 Å². The Morgan fingerprint density at radius 1 is 0.633 bits per heavy atom. The molecule has 0 saturated carbocycles. The van der Waals surface area contributed by atoms with Gasteiger partial charge in [-0.15, -0.1) is 0 Å². The van der Waals surface area contributed by atoms with Crippen LogP contribution in [0.4, 0.5) is 0 Å². The third-order valence-electron chi connectivity index (χ3n) is 6.17. The molecular weight excluding hydrogens is 376 g/mol. The Hall–Kier alpha value is -0.610. The van der Waals surface area contributed by atoms with Crippen LogP contribution in [0.1, 0.15) is 142 Å². The van der Waals surface area contributed by atoms with Crippen molar-refractivity contribution in [3.05, 3.63) is 0 Å². The quantitative estimate of drug-likeness (QED) is 0.155. The van der Waals surface area contributed by atoms with Crippen molar-refractivity contribution in [1.82, 2.24) is 0 Å². The fraction of sp³-hybridized carbons (Fsp3) is 0.962. The normalized spacial score (nSPS) is 13.4. The Bertz CT molecular complexity index is 372. The molecule has 0 heterocycles. The lowest BCUT2D eigenvalue weighted by atomic mass is 10.0. The van der Waals surface area contributed by atoms with Crippen LogP contribution in [0.2, 0.25) is 0 Å². The summed E-state index contributed by atoms with van der Waals surface area (Å²) in [6.45, 7) is 3.62. The molecule has 0 fully saturated rings. The molecule has 4 nitrogen and oxygen atoms in total. The second kappa shape index (κ2) is 21.6. The van der Waals surface area contributed by atoms with E-state index in [0.29, 0.717) is 6.61 Å². The van der Waals surface area contributed by atoms with Gasteiger partial charge in [0, 0.05) is 6.61 Å². The molecule has 2 N–H and O–H groups in total. The van der Waals surface area contributed by atoms with E-state index >= 15 is 0 Å². The number of hydrogen-bond donors (Lipinski definition) is 2. The first-order valence-electron chi connectivity index (χ1n) is 13.0. The SMILES string of the molecule is CCCCCCCCCCCCCCCCCCCCCCOC(C)(CO)C(=O)O. The van der Waals surface area contributed by atoms with Crippen LogP contribution < -0.4 is 0 Å². The number of aliphatic carboxylic acids is 1. The Morgan fingerprint density at radius 3 is 1.20 bits per heavy atom. The smallest absolute Gasteiger partial charge is 0.338 e. The zero-order valence-corrected chi connectivity index (χ0v) is 20.3. The van der Waals surface area contributed by atoms with Gasteiger partial charge in [-0.3, -0.25) is 0 Å². The predicted octanol–water partition coefficient (Wildman–Crippen LogP) is 7.66. The van der Waals surface area contributed by atoms with E-state index in [1.54, 1.807) is 0 Å². The average Bonchev–Trinajstić information content (AvgIpc) is 2.74. The van der Waals surface area contributed by atoms with Gasteiger partial charge in [0.15, 0.2) is 5.60 Å². The van der Waals surface area contributed by atoms with E-state index in [-0.39, 0.29) is 0 Å². The van der Waals surface area contributed by atoms with Gasteiger partial charge in [-0.25, -0.2) is 4.79 Å². The Labute approximate surface area is 187 Å². The zero-order valence-electron chi connectivity index (χ0n) is 20.3. The van der Waals surface area contributed by atoms with Crippen molar-refractivity contribution < 1.29 is 19.7 Å². The van der Waals surface area contributed by atoms with Crippen LogP contribution in [-0.2, 0) is 9.53 Å². The van der Waals surface area contributed by atoms with Gasteiger partial charge in [-0.2, -0.15) is 0 Å². The lowest BCUT2D eigenvalue weighted by Crippen LogP contribution is -2.42. The zero-order chi connectivity index (χ0) is 22.3. The van der Waals surface area contributed by atoms with Gasteiger partial charge >= 0.3 is 5.97 Å². The maximum absolute atomic E-state index is 11.0. The fourth-order valence-electron chi connectivity index (χ4n) is 3.83. The minimum atomic E-state index is -1.45. The summed E-state index contributed by atoms with van der Waals surface area (Å²) in [5, 5.41) is 18.1. The molecule has 0 aromatic heterocycles. The molecule has 0 aliphatic carbocycles. The summed E-state index contributed by atoms with van der Waals surface area (Å²) in [6.07, 6.45) is 26.9. The standard InChI is InChI=1S/C26H52O4/c1-3-4-5-6-7-8-9-10-11-12-13-14-15-16-17-18-19-20-21-22-23-30-26(2,24-27)25(28)29/h27H,3-24H2,1-2H3,(H,28,29). The van der Waals surface area contributed by atoms with Crippen LogP contribution in [-0.4, -0.2) is 35.0 Å². The molecule has 0 aliphatic heterocycles. The predicted molar refractivity (Wildman–Crippen MR) is 127 cm³/mol. The van der Waals surface area contributed by atoms with Crippen LogP contribution >= 0.6 is 0 Å². The molecule has 1 atom stereocenters. The topological polar surface area (TPSA) is 66.8 Å². The van der Waals surface area contributed by atoms with Gasteiger partial charge in [0.2, 0.25) is 0 Å². The first-order chi connectivity index (χ1) is 14.6. The molecule has 0 radical (unpaired) electrons. The molecule has 0 spiro atoms. The Balaban J connectivity index is 3.17. The van der Waals surface area contributed by atoms with Gasteiger partial charge in [0.05, 0.1) is 6.61 Å². The molecule has 0 aromatic carbocycles. The second-order valence-corrected chi connectivity index (χ2v) is 9.26. The number of aliphatic hydroxyl groups is 1. The van der Waals surface area contributed by atoms with E-state index in [4.69, 9.17) is 14.9 Å². The first kappa shape index (κ1) is 29.4. The molecular formula is C26H52O4. The van der Waals surface area contributed by atoms with Crippen LogP contribution in [0.25, 0.3) is 0 Å². The maximum atomic E-state index is 11.0. The highest BCUT2D eigenvalue weighted by molar-refractivity contribution is 5.77. The van der Waals surface area contributed by atoms with E-state index in [9.17, 15) is 4.79 Å². The molecule has 4 heteroatoms. The van der Waals surface area contributed by atoms with Gasteiger partial charge in [-0.05, 0) is 13.3 Å². The summed E-state index contributed by atoms with van der Waals surface area (Å²) in [5.74, 6) is -1.10. The monoisotopic (exact) mass is 428 g/mol. The molecule has 1 unspecified atom stereocenters. The van der Waals surface area contributed by atoms with Gasteiger partial charge in [0.1, 0.15) is 0 Å². The van der Waals surface area contributed by atoms with Crippen LogP contribution in [0, 0.1) is 0 Å². The van der Waals surface area contributed by atoms with Crippen LogP contribution in [0.3, 0.4) is 0 Å². The highest BCUT2D eigenvalue weighted by Gasteiger charge is 2.33. The van der Waals surface area contributed by atoms with Crippen molar-refractivity contribution in [2.45, 2.75) is 148 Å². The Kier molecular flexibility index (Phi) is 21.2. The third kappa shape index (κ3) is 18.2.